The number of anilines is 1. The zero-order chi connectivity index (χ0) is 24.6. The van der Waals surface area contributed by atoms with Crippen LogP contribution in [0.5, 0.6) is 5.75 Å². The standard InChI is InChI=1S/C28H24N2O4/c1-16-6-5-7-20(13-16)24-23(25(31)22-14-17(2)12-18(3)27(22)34-4)26(32)28(33)30(24)21-10-8-19(15-29)9-11-21/h5-14,24,31H,1-4H3/b25-23+. The minimum Gasteiger partial charge on any atom is -0.507 e. The van der Waals surface area contributed by atoms with Crippen LogP contribution in [0.25, 0.3) is 5.76 Å². The lowest BCUT2D eigenvalue weighted by atomic mass is 9.93. The molecule has 3 aromatic carbocycles. The maximum absolute atomic E-state index is 13.4. The summed E-state index contributed by atoms with van der Waals surface area (Å²) in [6, 6.07) is 18.8. The first-order valence-electron chi connectivity index (χ1n) is 10.8. The molecule has 34 heavy (non-hydrogen) atoms. The number of aliphatic hydroxyl groups excluding tert-OH is 1. The third-order valence-electron chi connectivity index (χ3n) is 5.96. The van der Waals surface area contributed by atoms with Gasteiger partial charge in [-0.25, -0.2) is 0 Å². The van der Waals surface area contributed by atoms with Crippen molar-refractivity contribution in [3.8, 4) is 11.8 Å². The van der Waals surface area contributed by atoms with E-state index in [1.807, 2.05) is 51.1 Å². The largest absolute Gasteiger partial charge is 0.507 e. The minimum absolute atomic E-state index is 0.0109. The number of carbonyl (C=O) groups is 2. The summed E-state index contributed by atoms with van der Waals surface area (Å²) in [5.41, 5.74) is 4.57. The predicted molar refractivity (Wildman–Crippen MR) is 130 cm³/mol. The minimum atomic E-state index is -0.849. The molecule has 1 amide bonds. The Bertz CT molecular complexity index is 1380. The molecule has 1 heterocycles. The Balaban J connectivity index is 2.00. The van der Waals surface area contributed by atoms with E-state index in [0.717, 1.165) is 16.7 Å². The second kappa shape index (κ2) is 8.87. The van der Waals surface area contributed by atoms with E-state index in [0.29, 0.717) is 28.1 Å². The average molecular weight is 453 g/mol. The topological polar surface area (TPSA) is 90.6 Å². The van der Waals surface area contributed by atoms with Gasteiger partial charge in [0, 0.05) is 5.69 Å². The van der Waals surface area contributed by atoms with Crippen LogP contribution < -0.4 is 9.64 Å². The van der Waals surface area contributed by atoms with Gasteiger partial charge in [-0.05, 0) is 67.8 Å². The molecule has 1 aliphatic heterocycles. The van der Waals surface area contributed by atoms with E-state index in [1.165, 1.54) is 12.0 Å². The van der Waals surface area contributed by atoms with Gasteiger partial charge in [0.2, 0.25) is 0 Å². The van der Waals surface area contributed by atoms with Crippen LogP contribution in [0.1, 0.15) is 39.4 Å². The van der Waals surface area contributed by atoms with E-state index < -0.39 is 17.7 Å². The van der Waals surface area contributed by atoms with Gasteiger partial charge in [-0.1, -0.05) is 35.9 Å². The van der Waals surface area contributed by atoms with E-state index in [9.17, 15) is 14.7 Å². The highest BCUT2D eigenvalue weighted by Gasteiger charge is 2.47. The fourth-order valence-corrected chi connectivity index (χ4v) is 4.50. The molecule has 0 bridgehead atoms. The Morgan fingerprint density at radius 2 is 1.71 bits per heavy atom. The predicted octanol–water partition coefficient (Wildman–Crippen LogP) is 5.12. The Labute approximate surface area is 198 Å². The number of amides is 1. The van der Waals surface area contributed by atoms with Gasteiger partial charge in [0.15, 0.2) is 0 Å². The van der Waals surface area contributed by atoms with Gasteiger partial charge >= 0.3 is 0 Å². The van der Waals surface area contributed by atoms with E-state index in [4.69, 9.17) is 10.00 Å². The van der Waals surface area contributed by atoms with Crippen molar-refractivity contribution in [1.29, 1.82) is 5.26 Å². The highest BCUT2D eigenvalue weighted by atomic mass is 16.5. The van der Waals surface area contributed by atoms with Gasteiger partial charge in [0.25, 0.3) is 11.7 Å². The van der Waals surface area contributed by atoms with Gasteiger partial charge in [0.1, 0.15) is 11.5 Å². The van der Waals surface area contributed by atoms with Crippen LogP contribution in [0.15, 0.2) is 66.2 Å². The molecule has 0 aliphatic carbocycles. The van der Waals surface area contributed by atoms with Crippen LogP contribution in [0, 0.1) is 32.1 Å². The number of ketones is 1. The molecule has 0 saturated carbocycles. The second-order valence-electron chi connectivity index (χ2n) is 8.40. The van der Waals surface area contributed by atoms with Crippen LogP contribution in [0.4, 0.5) is 5.69 Å². The number of methoxy groups -OCH3 is 1. The lowest BCUT2D eigenvalue weighted by Gasteiger charge is -2.26. The first-order valence-corrected chi connectivity index (χ1v) is 10.8. The smallest absolute Gasteiger partial charge is 0.300 e. The summed E-state index contributed by atoms with van der Waals surface area (Å²) >= 11 is 0. The van der Waals surface area contributed by atoms with E-state index in [1.54, 1.807) is 30.3 Å². The monoisotopic (exact) mass is 452 g/mol. The Morgan fingerprint density at radius 1 is 1.00 bits per heavy atom. The maximum atomic E-state index is 13.4. The molecule has 1 atom stereocenters. The molecule has 0 aromatic heterocycles. The van der Waals surface area contributed by atoms with Crippen molar-refractivity contribution < 1.29 is 19.4 Å². The summed E-state index contributed by atoms with van der Waals surface area (Å²) in [7, 11) is 1.50. The molecule has 1 aliphatic rings. The van der Waals surface area contributed by atoms with Gasteiger partial charge in [-0.3, -0.25) is 14.5 Å². The Hall–Kier alpha value is -4.37. The highest BCUT2D eigenvalue weighted by Crippen LogP contribution is 2.44. The zero-order valence-corrected chi connectivity index (χ0v) is 19.4. The van der Waals surface area contributed by atoms with Crippen molar-refractivity contribution >= 4 is 23.1 Å². The van der Waals surface area contributed by atoms with Gasteiger partial charge < -0.3 is 9.84 Å². The molecule has 3 aromatic rings. The third kappa shape index (κ3) is 3.82. The third-order valence-corrected chi connectivity index (χ3v) is 5.96. The normalized spacial score (nSPS) is 17.0. The molecule has 1 N–H and O–H groups in total. The van der Waals surface area contributed by atoms with Crippen LogP contribution in [0.2, 0.25) is 0 Å². The number of nitriles is 1. The Kier molecular flexibility index (Phi) is 5.95. The SMILES string of the molecule is COc1c(C)cc(C)cc1/C(O)=C1\C(=O)C(=O)N(c2ccc(C#N)cc2)C1c1cccc(C)c1. The number of nitrogens with zero attached hydrogens (tertiary/aromatic N) is 2. The summed E-state index contributed by atoms with van der Waals surface area (Å²) in [6.45, 7) is 5.66. The lowest BCUT2D eigenvalue weighted by molar-refractivity contribution is -0.132. The summed E-state index contributed by atoms with van der Waals surface area (Å²) in [5.74, 6) is -1.38. The molecule has 0 radical (unpaired) electrons. The van der Waals surface area contributed by atoms with Crippen molar-refractivity contribution in [1.82, 2.24) is 0 Å². The van der Waals surface area contributed by atoms with Crippen LogP contribution in [0.3, 0.4) is 0 Å². The quantitative estimate of drug-likeness (QED) is 0.337. The summed E-state index contributed by atoms with van der Waals surface area (Å²) in [6.07, 6.45) is 0. The van der Waals surface area contributed by atoms with Crippen molar-refractivity contribution in [2.45, 2.75) is 26.8 Å². The van der Waals surface area contributed by atoms with E-state index in [2.05, 4.69) is 6.07 Å². The fourth-order valence-electron chi connectivity index (χ4n) is 4.50. The molecular weight excluding hydrogens is 428 g/mol. The van der Waals surface area contributed by atoms with Crippen molar-refractivity contribution in [3.63, 3.8) is 0 Å². The zero-order valence-electron chi connectivity index (χ0n) is 19.4. The Morgan fingerprint density at radius 3 is 2.32 bits per heavy atom. The number of benzene rings is 3. The number of hydrogen-bond acceptors (Lipinski definition) is 5. The van der Waals surface area contributed by atoms with Crippen molar-refractivity contribution in [3.05, 3.63) is 99.6 Å². The van der Waals surface area contributed by atoms with Crippen LogP contribution >= 0.6 is 0 Å². The van der Waals surface area contributed by atoms with Crippen molar-refractivity contribution in [2.75, 3.05) is 12.0 Å². The summed E-state index contributed by atoms with van der Waals surface area (Å²) < 4.78 is 5.54. The number of Topliss-reactive ketones (excluding diaryl/α,β-unsaturated/α-hetero) is 1. The number of aryl methyl sites for hydroxylation is 3. The molecular formula is C28H24N2O4. The average Bonchev–Trinajstić information content (AvgIpc) is 3.08. The second-order valence-corrected chi connectivity index (χ2v) is 8.40. The first-order chi connectivity index (χ1) is 16.3. The van der Waals surface area contributed by atoms with Crippen LogP contribution in [-0.4, -0.2) is 23.9 Å². The molecule has 6 nitrogen and oxygen atoms in total. The molecule has 0 spiro atoms. The van der Waals surface area contributed by atoms with Crippen LogP contribution in [-0.2, 0) is 9.59 Å². The molecule has 1 saturated heterocycles. The lowest BCUT2D eigenvalue weighted by Crippen LogP contribution is -2.29. The molecule has 1 unspecified atom stereocenters. The molecule has 1 fully saturated rings. The summed E-state index contributed by atoms with van der Waals surface area (Å²) in [5, 5.41) is 20.6. The summed E-state index contributed by atoms with van der Waals surface area (Å²) in [4.78, 5) is 28.0. The molecule has 4 rings (SSSR count). The number of hydrogen-bond donors (Lipinski definition) is 1. The van der Waals surface area contributed by atoms with Gasteiger partial charge in [0.05, 0.1) is 35.9 Å². The number of rotatable bonds is 4. The van der Waals surface area contributed by atoms with E-state index >= 15 is 0 Å². The van der Waals surface area contributed by atoms with Gasteiger partial charge in [-0.2, -0.15) is 5.26 Å². The van der Waals surface area contributed by atoms with E-state index in [-0.39, 0.29) is 11.3 Å². The van der Waals surface area contributed by atoms with Crippen molar-refractivity contribution in [2.24, 2.45) is 0 Å². The van der Waals surface area contributed by atoms with Gasteiger partial charge in [-0.15, -0.1) is 0 Å². The number of aliphatic hydroxyl groups is 1. The molecule has 170 valence electrons. The number of carbonyl (C=O) groups excluding carboxylic acids is 2. The highest BCUT2D eigenvalue weighted by molar-refractivity contribution is 6.51. The first kappa shape index (κ1) is 22.8. The molecule has 6 heteroatoms. The fraction of sp³-hybridized carbons (Fsp3) is 0.179. The number of ether oxygens (including phenoxy) is 1. The maximum Gasteiger partial charge on any atom is 0.300 e.